The fourth-order valence-electron chi connectivity index (χ4n) is 3.41. The maximum atomic E-state index is 6.06. The number of rotatable bonds is 2. The summed E-state index contributed by atoms with van der Waals surface area (Å²) < 4.78 is 6.06. The molecule has 0 amide bonds. The number of hydrogen-bond donors (Lipinski definition) is 1. The lowest BCUT2D eigenvalue weighted by atomic mass is 9.99. The lowest BCUT2D eigenvalue weighted by molar-refractivity contribution is 0.631. The van der Waals surface area contributed by atoms with E-state index in [9.17, 15) is 0 Å². The first-order valence-electron chi connectivity index (χ1n) is 8.32. The number of aryl methyl sites for hydroxylation is 1. The number of nitrogens with one attached hydrogen (secondary N) is 1. The number of aromatic amines is 1. The van der Waals surface area contributed by atoms with Crippen LogP contribution >= 0.6 is 0 Å². The molecule has 0 spiro atoms. The first-order chi connectivity index (χ1) is 12.3. The fourth-order valence-corrected chi connectivity index (χ4v) is 3.41. The summed E-state index contributed by atoms with van der Waals surface area (Å²) in [5.41, 5.74) is 7.40. The zero-order valence-corrected chi connectivity index (χ0v) is 13.8. The maximum absolute atomic E-state index is 6.06. The van der Waals surface area contributed by atoms with Crippen LogP contribution in [0, 0.1) is 6.92 Å². The normalized spacial score (nSPS) is 11.4. The van der Waals surface area contributed by atoms with Gasteiger partial charge in [-0.1, -0.05) is 36.4 Å². The van der Waals surface area contributed by atoms with Crippen LogP contribution in [0.4, 0.5) is 0 Å². The number of hydrogen-bond acceptors (Lipinski definition) is 2. The van der Waals surface area contributed by atoms with Gasteiger partial charge in [-0.3, -0.25) is 4.98 Å². The molecule has 0 bridgehead atoms. The van der Waals surface area contributed by atoms with Crippen molar-refractivity contribution in [3.05, 3.63) is 78.6 Å². The highest BCUT2D eigenvalue weighted by Gasteiger charge is 2.11. The summed E-state index contributed by atoms with van der Waals surface area (Å²) in [5.74, 6) is 0.845. The van der Waals surface area contributed by atoms with Crippen LogP contribution < -0.4 is 0 Å². The molecule has 3 heteroatoms. The van der Waals surface area contributed by atoms with E-state index >= 15 is 0 Å². The monoisotopic (exact) mass is 324 g/mol. The molecule has 0 aliphatic heterocycles. The summed E-state index contributed by atoms with van der Waals surface area (Å²) in [6.45, 7) is 2.15. The van der Waals surface area contributed by atoms with E-state index in [0.717, 1.165) is 33.5 Å². The molecule has 3 aromatic heterocycles. The van der Waals surface area contributed by atoms with Crippen LogP contribution in [0.2, 0.25) is 0 Å². The van der Waals surface area contributed by atoms with E-state index < -0.39 is 0 Å². The van der Waals surface area contributed by atoms with Crippen molar-refractivity contribution in [3.8, 4) is 22.5 Å². The van der Waals surface area contributed by atoms with Gasteiger partial charge in [-0.25, -0.2) is 0 Å². The van der Waals surface area contributed by atoms with Crippen molar-refractivity contribution in [2.24, 2.45) is 0 Å². The second-order valence-corrected chi connectivity index (χ2v) is 6.26. The number of fused-ring (bicyclic) bond motifs is 2. The summed E-state index contributed by atoms with van der Waals surface area (Å²) in [7, 11) is 0. The van der Waals surface area contributed by atoms with Gasteiger partial charge < -0.3 is 9.40 Å². The van der Waals surface area contributed by atoms with Crippen molar-refractivity contribution in [2.75, 3.05) is 0 Å². The molecule has 120 valence electrons. The van der Waals surface area contributed by atoms with Gasteiger partial charge in [0.2, 0.25) is 0 Å². The molecule has 2 aromatic carbocycles. The van der Waals surface area contributed by atoms with Crippen LogP contribution in [-0.2, 0) is 0 Å². The molecule has 0 fully saturated rings. The Balaban J connectivity index is 1.65. The molecule has 3 nitrogen and oxygen atoms in total. The van der Waals surface area contributed by atoms with Gasteiger partial charge in [-0.2, -0.15) is 0 Å². The first-order valence-corrected chi connectivity index (χ1v) is 8.32. The minimum absolute atomic E-state index is 0.810. The van der Waals surface area contributed by atoms with Gasteiger partial charge in [0.25, 0.3) is 0 Å². The van der Waals surface area contributed by atoms with Gasteiger partial charge in [0.1, 0.15) is 11.3 Å². The number of nitrogens with zero attached hydrogens (tertiary/aromatic N) is 1. The molecule has 0 radical (unpaired) electrons. The lowest BCUT2D eigenvalue weighted by Crippen LogP contribution is -1.85. The highest BCUT2D eigenvalue weighted by Crippen LogP contribution is 2.32. The van der Waals surface area contributed by atoms with Gasteiger partial charge >= 0.3 is 0 Å². The minimum atomic E-state index is 0.810. The van der Waals surface area contributed by atoms with Gasteiger partial charge in [0.15, 0.2) is 5.58 Å². The average Bonchev–Trinajstić information content (AvgIpc) is 3.29. The summed E-state index contributed by atoms with van der Waals surface area (Å²) in [4.78, 5) is 7.87. The standard InChI is InChI=1S/C22H16N2O/c1-14-17(7-8-19-18(14)9-10-23-19)16-11-22-20(24-13-16)12-21(25-22)15-5-3-2-4-6-15/h2-13,23H,1H3. The van der Waals surface area contributed by atoms with Crippen molar-refractivity contribution in [2.45, 2.75) is 6.92 Å². The third-order valence-electron chi connectivity index (χ3n) is 4.74. The van der Waals surface area contributed by atoms with E-state index in [0.29, 0.717) is 0 Å². The van der Waals surface area contributed by atoms with Crippen LogP contribution in [0.3, 0.4) is 0 Å². The second kappa shape index (κ2) is 5.35. The highest BCUT2D eigenvalue weighted by atomic mass is 16.3. The minimum Gasteiger partial charge on any atom is -0.454 e. The largest absolute Gasteiger partial charge is 0.454 e. The fraction of sp³-hybridized carbons (Fsp3) is 0.0455. The number of aromatic nitrogens is 2. The molecule has 0 aliphatic rings. The summed E-state index contributed by atoms with van der Waals surface area (Å²) >= 11 is 0. The Hall–Kier alpha value is -3.33. The van der Waals surface area contributed by atoms with E-state index in [1.807, 2.05) is 48.8 Å². The molecule has 3 heterocycles. The predicted octanol–water partition coefficient (Wildman–Crippen LogP) is 5.95. The second-order valence-electron chi connectivity index (χ2n) is 6.26. The van der Waals surface area contributed by atoms with Gasteiger partial charge in [-0.05, 0) is 36.2 Å². The van der Waals surface area contributed by atoms with Crippen molar-refractivity contribution in [3.63, 3.8) is 0 Å². The van der Waals surface area contributed by atoms with Crippen molar-refractivity contribution in [1.82, 2.24) is 9.97 Å². The Morgan fingerprint density at radius 3 is 2.68 bits per heavy atom. The van der Waals surface area contributed by atoms with Gasteiger partial charge in [-0.15, -0.1) is 0 Å². The summed E-state index contributed by atoms with van der Waals surface area (Å²) in [5, 5.41) is 1.24. The molecule has 0 unspecified atom stereocenters. The molecular weight excluding hydrogens is 308 g/mol. The quantitative estimate of drug-likeness (QED) is 0.436. The maximum Gasteiger partial charge on any atom is 0.153 e. The number of pyridine rings is 1. The molecule has 0 saturated heterocycles. The zero-order valence-electron chi connectivity index (χ0n) is 13.8. The van der Waals surface area contributed by atoms with E-state index in [2.05, 4.69) is 41.2 Å². The Morgan fingerprint density at radius 2 is 1.80 bits per heavy atom. The SMILES string of the molecule is Cc1c(-c2cnc3cc(-c4ccccc4)oc3c2)ccc2[nH]ccc12. The van der Waals surface area contributed by atoms with Crippen LogP contribution in [0.5, 0.6) is 0 Å². The third-order valence-corrected chi connectivity index (χ3v) is 4.74. The van der Waals surface area contributed by atoms with E-state index in [1.54, 1.807) is 0 Å². The van der Waals surface area contributed by atoms with Gasteiger partial charge in [0, 0.05) is 40.5 Å². The van der Waals surface area contributed by atoms with E-state index in [-0.39, 0.29) is 0 Å². The zero-order chi connectivity index (χ0) is 16.8. The van der Waals surface area contributed by atoms with Crippen molar-refractivity contribution < 1.29 is 4.42 Å². The molecular formula is C22H16N2O. The van der Waals surface area contributed by atoms with Crippen LogP contribution in [0.25, 0.3) is 44.5 Å². The Labute approximate surface area is 144 Å². The van der Waals surface area contributed by atoms with Gasteiger partial charge in [0.05, 0.1) is 0 Å². The smallest absolute Gasteiger partial charge is 0.153 e. The van der Waals surface area contributed by atoms with E-state index in [4.69, 9.17) is 4.42 Å². The number of furan rings is 1. The molecule has 5 aromatic rings. The van der Waals surface area contributed by atoms with Crippen LogP contribution in [0.15, 0.2) is 77.5 Å². The van der Waals surface area contributed by atoms with Crippen LogP contribution in [-0.4, -0.2) is 9.97 Å². The number of benzene rings is 2. The molecule has 5 rings (SSSR count). The average molecular weight is 324 g/mol. The third kappa shape index (κ3) is 2.24. The Kier molecular flexibility index (Phi) is 3.01. The van der Waals surface area contributed by atoms with E-state index in [1.165, 1.54) is 16.5 Å². The Morgan fingerprint density at radius 1 is 0.920 bits per heavy atom. The molecule has 1 N–H and O–H groups in total. The van der Waals surface area contributed by atoms with Crippen molar-refractivity contribution in [1.29, 1.82) is 0 Å². The summed E-state index contributed by atoms with van der Waals surface area (Å²) in [6, 6.07) is 20.5. The number of H-pyrrole nitrogens is 1. The van der Waals surface area contributed by atoms with Crippen molar-refractivity contribution >= 4 is 22.0 Å². The first kappa shape index (κ1) is 14.1. The molecule has 0 aliphatic carbocycles. The molecule has 0 atom stereocenters. The molecule has 0 saturated carbocycles. The highest BCUT2D eigenvalue weighted by molar-refractivity contribution is 5.91. The predicted molar refractivity (Wildman–Crippen MR) is 101 cm³/mol. The summed E-state index contributed by atoms with van der Waals surface area (Å²) in [6.07, 6.45) is 3.90. The Bertz CT molecular complexity index is 1200. The lowest BCUT2D eigenvalue weighted by Gasteiger charge is -2.07. The topological polar surface area (TPSA) is 41.8 Å². The molecule has 25 heavy (non-hydrogen) atoms. The van der Waals surface area contributed by atoms with Crippen LogP contribution in [0.1, 0.15) is 5.56 Å².